The molecular weight excluding hydrogens is 519 g/mol. The SMILES string of the molecule is O=C(O)/C=C/c1ccc(/C(=C(\c2ccc(C(F)(F)F)cc2Cl)C2CCC2)c2ccc3scnc3c2)cc1. The molecule has 0 bridgehead atoms. The summed E-state index contributed by atoms with van der Waals surface area (Å²) < 4.78 is 41.2. The molecule has 1 fully saturated rings. The number of allylic oxidation sites excluding steroid dienone is 1. The van der Waals surface area contributed by atoms with Crippen LogP contribution in [0.4, 0.5) is 13.2 Å². The molecule has 5 rings (SSSR count). The number of nitrogens with zero attached hydrogens (tertiary/aromatic N) is 1. The van der Waals surface area contributed by atoms with Crippen molar-refractivity contribution in [2.75, 3.05) is 0 Å². The van der Waals surface area contributed by atoms with Crippen molar-refractivity contribution in [2.45, 2.75) is 25.4 Å². The average molecular weight is 540 g/mol. The van der Waals surface area contributed by atoms with Gasteiger partial charge in [-0.2, -0.15) is 13.2 Å². The number of alkyl halides is 3. The number of rotatable bonds is 6. The van der Waals surface area contributed by atoms with E-state index in [1.165, 1.54) is 23.5 Å². The molecule has 0 radical (unpaired) electrons. The van der Waals surface area contributed by atoms with Gasteiger partial charge in [0.25, 0.3) is 0 Å². The van der Waals surface area contributed by atoms with E-state index in [-0.39, 0.29) is 10.9 Å². The molecule has 3 aromatic carbocycles. The first-order valence-corrected chi connectivity index (χ1v) is 12.9. The average Bonchev–Trinajstić information content (AvgIpc) is 3.29. The van der Waals surface area contributed by atoms with Crippen molar-refractivity contribution in [3.63, 3.8) is 0 Å². The summed E-state index contributed by atoms with van der Waals surface area (Å²) in [5.74, 6) is -0.896. The summed E-state index contributed by atoms with van der Waals surface area (Å²) in [6, 6.07) is 17.0. The monoisotopic (exact) mass is 539 g/mol. The van der Waals surface area contributed by atoms with Gasteiger partial charge in [0.2, 0.25) is 0 Å². The molecule has 37 heavy (non-hydrogen) atoms. The number of hydrogen-bond acceptors (Lipinski definition) is 3. The van der Waals surface area contributed by atoms with Gasteiger partial charge in [0.05, 0.1) is 21.3 Å². The number of benzene rings is 3. The minimum atomic E-state index is -4.49. The second kappa shape index (κ2) is 10.1. The zero-order chi connectivity index (χ0) is 26.2. The van der Waals surface area contributed by atoms with Crippen molar-refractivity contribution >= 4 is 56.3 Å². The van der Waals surface area contributed by atoms with Crippen LogP contribution in [-0.4, -0.2) is 16.1 Å². The predicted octanol–water partition coefficient (Wildman–Crippen LogP) is 8.83. The molecule has 1 aromatic heterocycles. The number of aliphatic carboxylic acids is 1. The molecule has 3 nitrogen and oxygen atoms in total. The van der Waals surface area contributed by atoms with Gasteiger partial charge in [-0.3, -0.25) is 0 Å². The lowest BCUT2D eigenvalue weighted by atomic mass is 9.73. The van der Waals surface area contributed by atoms with Crippen LogP contribution in [-0.2, 0) is 11.0 Å². The topological polar surface area (TPSA) is 50.2 Å². The van der Waals surface area contributed by atoms with Crippen LogP contribution in [0, 0.1) is 5.92 Å². The quantitative estimate of drug-likeness (QED) is 0.197. The molecule has 1 saturated carbocycles. The minimum absolute atomic E-state index is 0.0602. The van der Waals surface area contributed by atoms with Crippen molar-refractivity contribution in [3.8, 4) is 0 Å². The fraction of sp³-hybridized carbons (Fsp3) is 0.172. The fourth-order valence-electron chi connectivity index (χ4n) is 4.58. The first-order valence-electron chi connectivity index (χ1n) is 11.7. The maximum atomic E-state index is 13.4. The molecule has 0 unspecified atom stereocenters. The van der Waals surface area contributed by atoms with Crippen LogP contribution < -0.4 is 0 Å². The van der Waals surface area contributed by atoms with Gasteiger partial charge in [0, 0.05) is 11.1 Å². The first kappa shape index (κ1) is 25.2. The second-order valence-corrected chi connectivity index (χ2v) is 10.2. The van der Waals surface area contributed by atoms with E-state index in [9.17, 15) is 18.0 Å². The number of carbonyl (C=O) groups is 1. The molecule has 0 saturated heterocycles. The molecule has 1 aliphatic rings. The van der Waals surface area contributed by atoms with Crippen molar-refractivity contribution in [2.24, 2.45) is 5.92 Å². The predicted molar refractivity (Wildman–Crippen MR) is 142 cm³/mol. The smallest absolute Gasteiger partial charge is 0.416 e. The second-order valence-electron chi connectivity index (χ2n) is 8.94. The highest BCUT2D eigenvalue weighted by atomic mass is 35.5. The molecule has 1 aliphatic carbocycles. The number of fused-ring (bicyclic) bond motifs is 1. The number of carboxylic acid groups (broad SMARTS) is 1. The van der Waals surface area contributed by atoms with E-state index in [4.69, 9.17) is 16.7 Å². The summed E-state index contributed by atoms with van der Waals surface area (Å²) in [6.07, 6.45) is 0.952. The zero-order valence-electron chi connectivity index (χ0n) is 19.4. The third-order valence-corrected chi connectivity index (χ3v) is 7.73. The number of aromatic nitrogens is 1. The van der Waals surface area contributed by atoms with Gasteiger partial charge in [0.15, 0.2) is 0 Å². The Hall–Kier alpha value is -3.42. The van der Waals surface area contributed by atoms with Gasteiger partial charge in [-0.1, -0.05) is 54.4 Å². The highest BCUT2D eigenvalue weighted by Gasteiger charge is 2.33. The zero-order valence-corrected chi connectivity index (χ0v) is 21.0. The van der Waals surface area contributed by atoms with E-state index in [1.54, 1.807) is 5.51 Å². The molecule has 8 heteroatoms. The molecule has 0 amide bonds. The number of hydrogen-bond donors (Lipinski definition) is 1. The van der Waals surface area contributed by atoms with E-state index in [1.807, 2.05) is 42.5 Å². The lowest BCUT2D eigenvalue weighted by Crippen LogP contribution is -2.16. The first-order chi connectivity index (χ1) is 17.7. The summed E-state index contributed by atoms with van der Waals surface area (Å²) in [4.78, 5) is 15.4. The third kappa shape index (κ3) is 5.33. The molecule has 0 spiro atoms. The molecule has 0 aliphatic heterocycles. The van der Waals surface area contributed by atoms with Gasteiger partial charge < -0.3 is 5.11 Å². The van der Waals surface area contributed by atoms with Crippen molar-refractivity contribution in [3.05, 3.63) is 105 Å². The Bertz CT molecular complexity index is 1530. The van der Waals surface area contributed by atoms with Crippen molar-refractivity contribution in [1.82, 2.24) is 4.98 Å². The third-order valence-electron chi connectivity index (χ3n) is 6.61. The van der Waals surface area contributed by atoms with E-state index in [2.05, 4.69) is 4.98 Å². The Morgan fingerprint density at radius 1 is 1.03 bits per heavy atom. The Labute approximate surface area is 220 Å². The van der Waals surface area contributed by atoms with Crippen LogP contribution in [0.25, 0.3) is 27.4 Å². The van der Waals surface area contributed by atoms with E-state index in [0.717, 1.165) is 75.5 Å². The highest BCUT2D eigenvalue weighted by molar-refractivity contribution is 7.16. The lowest BCUT2D eigenvalue weighted by Gasteiger charge is -2.32. The number of halogens is 4. The normalized spacial score (nSPS) is 15.1. The minimum Gasteiger partial charge on any atom is -0.478 e. The van der Waals surface area contributed by atoms with Crippen LogP contribution in [0.2, 0.25) is 5.02 Å². The molecular formula is C29H21ClF3NO2S. The van der Waals surface area contributed by atoms with Gasteiger partial charge in [-0.15, -0.1) is 11.3 Å². The van der Waals surface area contributed by atoms with Gasteiger partial charge in [0.1, 0.15) is 0 Å². The maximum absolute atomic E-state index is 13.4. The number of carboxylic acids is 1. The van der Waals surface area contributed by atoms with Crippen LogP contribution in [0.5, 0.6) is 0 Å². The standard InChI is InChI=1S/C29H21ClF3NO2S/c30-23-15-21(29(31,32)33)10-11-22(23)28(18-2-1-3-18)27(20-9-12-25-24(14-20)34-16-37-25)19-7-4-17(5-8-19)6-13-26(35)36/h4-16,18H,1-3H2,(H,35,36)/b13-6+,28-27+. The molecule has 1 heterocycles. The summed E-state index contributed by atoms with van der Waals surface area (Å²) in [7, 11) is 0. The van der Waals surface area contributed by atoms with E-state index < -0.39 is 17.7 Å². The Morgan fingerprint density at radius 2 is 1.76 bits per heavy atom. The van der Waals surface area contributed by atoms with E-state index in [0.29, 0.717) is 5.56 Å². The van der Waals surface area contributed by atoms with Gasteiger partial charge in [-0.25, -0.2) is 9.78 Å². The highest BCUT2D eigenvalue weighted by Crippen LogP contribution is 2.47. The molecule has 4 aromatic rings. The van der Waals surface area contributed by atoms with E-state index >= 15 is 0 Å². The summed E-state index contributed by atoms with van der Waals surface area (Å²) in [6.45, 7) is 0. The fourth-order valence-corrected chi connectivity index (χ4v) is 5.53. The van der Waals surface area contributed by atoms with Crippen molar-refractivity contribution in [1.29, 1.82) is 0 Å². The lowest BCUT2D eigenvalue weighted by molar-refractivity contribution is -0.137. The molecule has 0 atom stereocenters. The van der Waals surface area contributed by atoms with Gasteiger partial charge in [-0.05, 0) is 82.5 Å². The summed E-state index contributed by atoms with van der Waals surface area (Å²) in [5, 5.41) is 9.00. The largest absolute Gasteiger partial charge is 0.478 e. The summed E-state index contributed by atoms with van der Waals surface area (Å²) in [5.41, 5.74) is 6.69. The van der Waals surface area contributed by atoms with Crippen LogP contribution in [0.1, 0.15) is 47.1 Å². The van der Waals surface area contributed by atoms with Crippen LogP contribution in [0.15, 0.2) is 72.3 Å². The Balaban J connectivity index is 1.74. The van der Waals surface area contributed by atoms with Gasteiger partial charge >= 0.3 is 12.1 Å². The Kier molecular flexibility index (Phi) is 6.92. The van der Waals surface area contributed by atoms with Crippen LogP contribution >= 0.6 is 22.9 Å². The summed E-state index contributed by atoms with van der Waals surface area (Å²) >= 11 is 8.07. The maximum Gasteiger partial charge on any atom is 0.416 e. The van der Waals surface area contributed by atoms with Crippen LogP contribution in [0.3, 0.4) is 0 Å². The molecule has 188 valence electrons. The number of thiazole rings is 1. The molecule has 1 N–H and O–H groups in total. The van der Waals surface area contributed by atoms with Crippen molar-refractivity contribution < 1.29 is 23.1 Å². The Morgan fingerprint density at radius 3 is 2.38 bits per heavy atom.